The highest BCUT2D eigenvalue weighted by Crippen LogP contribution is 2.09. The number of hydrogen-bond acceptors (Lipinski definition) is 9. The summed E-state index contributed by atoms with van der Waals surface area (Å²) in [6, 6.07) is 13.5. The fourth-order valence-corrected chi connectivity index (χ4v) is 4.05. The third kappa shape index (κ3) is 13.3. The first-order chi connectivity index (χ1) is 20.6. The van der Waals surface area contributed by atoms with E-state index in [0.717, 1.165) is 5.56 Å². The van der Waals surface area contributed by atoms with Crippen molar-refractivity contribution in [2.75, 3.05) is 39.5 Å². The fraction of sp³-hybridized carbons (Fsp3) is 0.467. The summed E-state index contributed by atoms with van der Waals surface area (Å²) in [4.78, 5) is 49.1. The van der Waals surface area contributed by atoms with Crippen molar-refractivity contribution in [3.05, 3.63) is 71.3 Å². The Morgan fingerprint density at radius 1 is 0.814 bits per heavy atom. The van der Waals surface area contributed by atoms with Gasteiger partial charge in [-0.25, -0.2) is 5.48 Å². The number of nitrogens with one attached hydrogen (secondary N) is 4. The minimum absolute atomic E-state index is 0.113. The van der Waals surface area contributed by atoms with Crippen molar-refractivity contribution < 1.29 is 39.0 Å². The van der Waals surface area contributed by atoms with Gasteiger partial charge in [0.2, 0.25) is 5.91 Å². The third-order valence-corrected chi connectivity index (χ3v) is 6.27. The van der Waals surface area contributed by atoms with E-state index >= 15 is 0 Å². The lowest BCUT2D eigenvalue weighted by atomic mass is 10.00. The summed E-state index contributed by atoms with van der Waals surface area (Å²) in [5, 5.41) is 27.2. The van der Waals surface area contributed by atoms with Crippen LogP contribution >= 0.6 is 0 Å². The number of amides is 4. The van der Waals surface area contributed by atoms with Gasteiger partial charge in [0, 0.05) is 30.3 Å². The maximum Gasteiger partial charge on any atom is 0.274 e. The average molecular weight is 602 g/mol. The monoisotopic (exact) mass is 601 g/mol. The molecule has 2 rings (SSSR count). The minimum atomic E-state index is -1.47. The van der Waals surface area contributed by atoms with Crippen LogP contribution < -0.4 is 27.2 Å². The molecule has 0 unspecified atom stereocenters. The summed E-state index contributed by atoms with van der Waals surface area (Å²) in [6.07, 6.45) is -0.772. The van der Waals surface area contributed by atoms with Crippen LogP contribution in [0.1, 0.15) is 46.5 Å². The lowest BCUT2D eigenvalue weighted by Crippen LogP contribution is -2.54. The molecule has 0 aliphatic rings. The van der Waals surface area contributed by atoms with Crippen LogP contribution in [0.2, 0.25) is 0 Å². The molecule has 0 aliphatic carbocycles. The normalized spacial score (nSPS) is 13.1. The zero-order chi connectivity index (χ0) is 31.6. The second kappa shape index (κ2) is 19.3. The number of aliphatic hydroxyl groups is 1. The highest BCUT2D eigenvalue weighted by molar-refractivity contribution is 5.99. The molecule has 236 valence electrons. The summed E-state index contributed by atoms with van der Waals surface area (Å²) in [6.45, 7) is 5.28. The van der Waals surface area contributed by atoms with Gasteiger partial charge in [-0.15, -0.1) is 0 Å². The maximum absolute atomic E-state index is 12.7. The summed E-state index contributed by atoms with van der Waals surface area (Å²) < 4.78 is 10.9. The van der Waals surface area contributed by atoms with Crippen molar-refractivity contribution in [1.82, 2.24) is 21.4 Å². The Labute approximate surface area is 251 Å². The Balaban J connectivity index is 1.62. The van der Waals surface area contributed by atoms with Gasteiger partial charge in [0.15, 0.2) is 0 Å². The van der Waals surface area contributed by atoms with Crippen LogP contribution in [0.3, 0.4) is 0 Å². The lowest BCUT2D eigenvalue weighted by molar-refractivity contribution is -0.135. The molecule has 0 heterocycles. The number of carbonyl (C=O) groups excluding carboxylic acids is 4. The van der Waals surface area contributed by atoms with Crippen LogP contribution in [0.5, 0.6) is 0 Å². The SMILES string of the molecule is CC(C)C[C@H](NC(=O)[C@@H](O)[C@H](N)Cc1ccccc1)C(=O)NCCOCCOCCNC(=O)c1cccc(C(=O)NO)c1. The lowest BCUT2D eigenvalue weighted by Gasteiger charge is -2.24. The van der Waals surface area contributed by atoms with Gasteiger partial charge < -0.3 is 36.3 Å². The predicted octanol–water partition coefficient (Wildman–Crippen LogP) is 0.147. The number of hydrogen-bond donors (Lipinski definition) is 7. The van der Waals surface area contributed by atoms with Crippen molar-refractivity contribution >= 4 is 23.6 Å². The van der Waals surface area contributed by atoms with Crippen molar-refractivity contribution in [3.63, 3.8) is 0 Å². The van der Waals surface area contributed by atoms with Gasteiger partial charge in [-0.1, -0.05) is 50.2 Å². The van der Waals surface area contributed by atoms with E-state index < -0.39 is 30.0 Å². The standard InChI is InChI=1S/C30H43N5O8/c1-20(2)17-25(34-30(40)26(36)24(31)18-21-7-4-3-5-8-21)29(39)33-12-14-43-16-15-42-13-11-32-27(37)22-9-6-10-23(19-22)28(38)35-41/h3-10,19-20,24-26,36,41H,11-18,31H2,1-2H3,(H,32,37)(H,33,39)(H,34,40)(H,35,38)/t24-,25+,26+/m1/s1. The Morgan fingerprint density at radius 2 is 1.42 bits per heavy atom. The first-order valence-electron chi connectivity index (χ1n) is 14.2. The molecule has 0 fully saturated rings. The van der Waals surface area contributed by atoms with Crippen LogP contribution in [-0.2, 0) is 25.5 Å². The van der Waals surface area contributed by atoms with E-state index in [1.54, 1.807) is 6.07 Å². The molecular formula is C30H43N5O8. The van der Waals surface area contributed by atoms with Gasteiger partial charge in [-0.3, -0.25) is 24.4 Å². The predicted molar refractivity (Wildman–Crippen MR) is 158 cm³/mol. The zero-order valence-electron chi connectivity index (χ0n) is 24.6. The van der Waals surface area contributed by atoms with E-state index in [0.29, 0.717) is 12.8 Å². The molecule has 0 bridgehead atoms. The Hall–Kier alpha value is -3.88. The summed E-state index contributed by atoms with van der Waals surface area (Å²) >= 11 is 0. The number of nitrogens with two attached hydrogens (primary N) is 1. The van der Waals surface area contributed by atoms with Crippen LogP contribution in [0, 0.1) is 5.92 Å². The molecule has 0 spiro atoms. The summed E-state index contributed by atoms with van der Waals surface area (Å²) in [5.41, 5.74) is 8.88. The van der Waals surface area contributed by atoms with E-state index in [2.05, 4.69) is 16.0 Å². The van der Waals surface area contributed by atoms with E-state index in [1.807, 2.05) is 44.2 Å². The fourth-order valence-electron chi connectivity index (χ4n) is 4.05. The van der Waals surface area contributed by atoms with E-state index in [1.165, 1.54) is 23.7 Å². The number of aliphatic hydroxyl groups excluding tert-OH is 1. The van der Waals surface area contributed by atoms with Crippen molar-refractivity contribution in [1.29, 1.82) is 0 Å². The molecule has 13 heteroatoms. The Kier molecular flexibility index (Phi) is 15.9. The van der Waals surface area contributed by atoms with Crippen LogP contribution in [0.15, 0.2) is 54.6 Å². The second-order valence-electron chi connectivity index (χ2n) is 10.3. The van der Waals surface area contributed by atoms with Gasteiger partial charge >= 0.3 is 0 Å². The molecule has 3 atom stereocenters. The van der Waals surface area contributed by atoms with Crippen LogP contribution in [0.4, 0.5) is 0 Å². The number of ether oxygens (including phenoxy) is 2. The molecule has 0 saturated heterocycles. The number of hydroxylamine groups is 1. The quantitative estimate of drug-likeness (QED) is 0.0665. The Bertz CT molecular complexity index is 1160. The molecule has 0 aromatic heterocycles. The van der Waals surface area contributed by atoms with Gasteiger partial charge in [-0.05, 0) is 42.5 Å². The molecule has 43 heavy (non-hydrogen) atoms. The molecule has 2 aromatic rings. The van der Waals surface area contributed by atoms with E-state index in [9.17, 15) is 24.3 Å². The number of rotatable bonds is 19. The van der Waals surface area contributed by atoms with Crippen LogP contribution in [-0.4, -0.2) is 91.6 Å². The van der Waals surface area contributed by atoms with Gasteiger partial charge in [-0.2, -0.15) is 0 Å². The average Bonchev–Trinajstić information content (AvgIpc) is 3.00. The van der Waals surface area contributed by atoms with Gasteiger partial charge in [0.1, 0.15) is 12.1 Å². The smallest absolute Gasteiger partial charge is 0.274 e. The zero-order valence-corrected chi connectivity index (χ0v) is 24.6. The topological polar surface area (TPSA) is 201 Å². The third-order valence-electron chi connectivity index (χ3n) is 6.27. The minimum Gasteiger partial charge on any atom is -0.382 e. The molecule has 8 N–H and O–H groups in total. The summed E-state index contributed by atoms with van der Waals surface area (Å²) in [5.74, 6) is -2.07. The molecular weight excluding hydrogens is 558 g/mol. The number of benzene rings is 2. The van der Waals surface area contributed by atoms with E-state index in [4.69, 9.17) is 20.4 Å². The maximum atomic E-state index is 12.7. The molecule has 0 saturated carbocycles. The molecule has 0 radical (unpaired) electrons. The van der Waals surface area contributed by atoms with Crippen molar-refractivity contribution in [3.8, 4) is 0 Å². The molecule has 4 amide bonds. The largest absolute Gasteiger partial charge is 0.382 e. The van der Waals surface area contributed by atoms with Gasteiger partial charge in [0.25, 0.3) is 17.7 Å². The number of carbonyl (C=O) groups is 4. The van der Waals surface area contributed by atoms with Crippen molar-refractivity contribution in [2.24, 2.45) is 11.7 Å². The van der Waals surface area contributed by atoms with Crippen molar-refractivity contribution in [2.45, 2.75) is 44.9 Å². The highest BCUT2D eigenvalue weighted by Gasteiger charge is 2.28. The van der Waals surface area contributed by atoms with Gasteiger partial charge in [0.05, 0.1) is 26.4 Å². The molecule has 2 aromatic carbocycles. The summed E-state index contributed by atoms with van der Waals surface area (Å²) in [7, 11) is 0. The molecule has 13 nitrogen and oxygen atoms in total. The Morgan fingerprint density at radius 3 is 2.02 bits per heavy atom. The molecule has 0 aliphatic heterocycles. The van der Waals surface area contributed by atoms with Crippen LogP contribution in [0.25, 0.3) is 0 Å². The second-order valence-corrected chi connectivity index (χ2v) is 10.3. The van der Waals surface area contributed by atoms with E-state index in [-0.39, 0.29) is 68.4 Å². The first kappa shape index (κ1) is 35.3. The first-order valence-corrected chi connectivity index (χ1v) is 14.2. The highest BCUT2D eigenvalue weighted by atomic mass is 16.5.